The van der Waals surface area contributed by atoms with Crippen molar-refractivity contribution in [2.75, 3.05) is 25.1 Å². The van der Waals surface area contributed by atoms with E-state index in [2.05, 4.69) is 34.8 Å². The summed E-state index contributed by atoms with van der Waals surface area (Å²) in [5, 5.41) is 17.5. The Labute approximate surface area is 178 Å². The van der Waals surface area contributed by atoms with Crippen molar-refractivity contribution in [2.45, 2.75) is 32.6 Å². The number of rotatable bonds is 11. The largest absolute Gasteiger partial charge is 0.462 e. The van der Waals surface area contributed by atoms with Crippen molar-refractivity contribution in [3.8, 4) is 6.07 Å². The monoisotopic (exact) mass is 404 g/mol. The normalized spacial score (nSPS) is 10.6. The zero-order valence-corrected chi connectivity index (χ0v) is 17.7. The fourth-order valence-corrected chi connectivity index (χ4v) is 2.76. The molecule has 0 fully saturated rings. The van der Waals surface area contributed by atoms with Gasteiger partial charge in [-0.3, -0.25) is 0 Å². The van der Waals surface area contributed by atoms with Crippen molar-refractivity contribution >= 4 is 23.0 Å². The van der Waals surface area contributed by atoms with Gasteiger partial charge in [-0.1, -0.05) is 25.1 Å². The van der Waals surface area contributed by atoms with Crippen LogP contribution in [0.5, 0.6) is 0 Å². The molecule has 0 aliphatic rings. The lowest BCUT2D eigenvalue weighted by molar-refractivity contribution is -0.139. The van der Waals surface area contributed by atoms with E-state index in [1.54, 1.807) is 25.1 Å². The molecular formula is C24H28N4O2. The van der Waals surface area contributed by atoms with Crippen molar-refractivity contribution in [3.05, 3.63) is 66.2 Å². The van der Waals surface area contributed by atoms with Crippen LogP contribution >= 0.6 is 0 Å². The summed E-state index contributed by atoms with van der Waals surface area (Å²) in [4.78, 5) is 13.5. The van der Waals surface area contributed by atoms with E-state index in [0.29, 0.717) is 23.4 Å². The maximum Gasteiger partial charge on any atom is 0.333 e. The molecular weight excluding hydrogens is 376 g/mol. The van der Waals surface area contributed by atoms with Crippen molar-refractivity contribution in [2.24, 2.45) is 10.2 Å². The Balaban J connectivity index is 1.73. The quantitative estimate of drug-likeness (QED) is 0.196. The van der Waals surface area contributed by atoms with Gasteiger partial charge >= 0.3 is 5.97 Å². The molecule has 0 heterocycles. The number of unbranched alkanes of at least 4 members (excludes halogenated alkanes) is 3. The van der Waals surface area contributed by atoms with Gasteiger partial charge in [-0.25, -0.2) is 4.79 Å². The van der Waals surface area contributed by atoms with Crippen LogP contribution in [0.4, 0.5) is 17.1 Å². The number of nitrogens with zero attached hydrogens (tertiary/aromatic N) is 4. The maximum atomic E-state index is 11.3. The van der Waals surface area contributed by atoms with E-state index in [4.69, 9.17) is 10.00 Å². The van der Waals surface area contributed by atoms with Crippen LogP contribution in [-0.2, 0) is 9.53 Å². The molecule has 156 valence electrons. The van der Waals surface area contributed by atoms with Gasteiger partial charge in [0.1, 0.15) is 11.8 Å². The third-order valence-electron chi connectivity index (χ3n) is 4.56. The number of benzene rings is 2. The topological polar surface area (TPSA) is 78.0 Å². The summed E-state index contributed by atoms with van der Waals surface area (Å²) in [6, 6.07) is 17.1. The second kappa shape index (κ2) is 12.2. The molecule has 0 aromatic heterocycles. The molecule has 0 aliphatic heterocycles. The average molecular weight is 405 g/mol. The van der Waals surface area contributed by atoms with Crippen molar-refractivity contribution in [3.63, 3.8) is 0 Å². The number of azo groups is 1. The Bertz CT molecular complexity index is 914. The Morgan fingerprint density at radius 1 is 1.07 bits per heavy atom. The summed E-state index contributed by atoms with van der Waals surface area (Å²) in [7, 11) is 2.06. The number of hydrogen-bond acceptors (Lipinski definition) is 6. The molecule has 2 aromatic carbocycles. The molecule has 2 rings (SSSR count). The van der Waals surface area contributed by atoms with Crippen LogP contribution in [0.15, 0.2) is 70.9 Å². The fourth-order valence-electron chi connectivity index (χ4n) is 2.76. The minimum absolute atomic E-state index is 0.313. The Kier molecular flexibility index (Phi) is 9.26. The SMILES string of the molecule is C=C(C)C(=O)OCCCCCCN(C)c1ccc(N=Nc2ccccc2C#N)cc1. The molecule has 6 heteroatoms. The molecule has 0 saturated carbocycles. The van der Waals surface area contributed by atoms with E-state index in [-0.39, 0.29) is 5.97 Å². The number of nitriles is 1. The smallest absolute Gasteiger partial charge is 0.333 e. The number of carbonyl (C=O) groups excluding carboxylic acids is 1. The zero-order valence-electron chi connectivity index (χ0n) is 17.7. The van der Waals surface area contributed by atoms with Gasteiger partial charge in [-0.05, 0) is 62.6 Å². The lowest BCUT2D eigenvalue weighted by Gasteiger charge is -2.19. The summed E-state index contributed by atoms with van der Waals surface area (Å²) in [6.07, 6.45) is 4.05. The van der Waals surface area contributed by atoms with Gasteiger partial charge in [-0.2, -0.15) is 10.4 Å². The summed E-state index contributed by atoms with van der Waals surface area (Å²) < 4.78 is 5.09. The molecule has 0 spiro atoms. The molecule has 0 atom stereocenters. The highest BCUT2D eigenvalue weighted by Gasteiger charge is 2.04. The van der Waals surface area contributed by atoms with E-state index in [1.807, 2.05) is 30.3 Å². The predicted octanol–water partition coefficient (Wildman–Crippen LogP) is 6.09. The first kappa shape index (κ1) is 22.8. The number of hydrogen-bond donors (Lipinski definition) is 0. The first-order valence-electron chi connectivity index (χ1n) is 10.1. The molecule has 0 unspecified atom stereocenters. The van der Waals surface area contributed by atoms with Gasteiger partial charge in [0, 0.05) is 24.9 Å². The Morgan fingerprint density at radius 2 is 1.77 bits per heavy atom. The second-order valence-corrected chi connectivity index (χ2v) is 7.10. The van der Waals surface area contributed by atoms with E-state index >= 15 is 0 Å². The zero-order chi connectivity index (χ0) is 21.8. The average Bonchev–Trinajstić information content (AvgIpc) is 2.77. The highest BCUT2D eigenvalue weighted by molar-refractivity contribution is 5.86. The van der Waals surface area contributed by atoms with Crippen LogP contribution < -0.4 is 4.90 Å². The third-order valence-corrected chi connectivity index (χ3v) is 4.56. The fraction of sp³-hybridized carbons (Fsp3) is 0.333. The number of anilines is 1. The van der Waals surface area contributed by atoms with Gasteiger partial charge in [0.2, 0.25) is 0 Å². The summed E-state index contributed by atoms with van der Waals surface area (Å²) in [5.74, 6) is -0.313. The first-order chi connectivity index (χ1) is 14.5. The van der Waals surface area contributed by atoms with Crippen LogP contribution in [0.3, 0.4) is 0 Å². The van der Waals surface area contributed by atoms with E-state index in [9.17, 15) is 4.79 Å². The van der Waals surface area contributed by atoms with Crippen LogP contribution in [0.25, 0.3) is 0 Å². The number of esters is 1. The Morgan fingerprint density at radius 3 is 2.47 bits per heavy atom. The summed E-state index contributed by atoms with van der Waals surface area (Å²) >= 11 is 0. The lowest BCUT2D eigenvalue weighted by Crippen LogP contribution is -2.18. The standard InChI is InChI=1S/C24H28N4O2/c1-19(2)24(29)30-17-9-5-4-8-16-28(3)22-14-12-21(13-15-22)26-27-23-11-7-6-10-20(23)18-25/h6-7,10-15H,1,4-5,8-9,16-17H2,2-3H3. The van der Waals surface area contributed by atoms with Gasteiger partial charge in [0.05, 0.1) is 17.9 Å². The molecule has 0 aliphatic carbocycles. The second-order valence-electron chi connectivity index (χ2n) is 7.10. The van der Waals surface area contributed by atoms with E-state index < -0.39 is 0 Å². The van der Waals surface area contributed by atoms with Crippen molar-refractivity contribution < 1.29 is 9.53 Å². The van der Waals surface area contributed by atoms with Gasteiger partial charge < -0.3 is 9.64 Å². The molecule has 0 saturated heterocycles. The predicted molar refractivity (Wildman–Crippen MR) is 119 cm³/mol. The van der Waals surface area contributed by atoms with E-state index in [0.717, 1.165) is 43.6 Å². The molecule has 0 amide bonds. The maximum absolute atomic E-state index is 11.3. The Hall–Kier alpha value is -3.46. The van der Waals surface area contributed by atoms with Crippen LogP contribution in [0, 0.1) is 11.3 Å². The molecule has 6 nitrogen and oxygen atoms in total. The van der Waals surface area contributed by atoms with Gasteiger partial charge in [-0.15, -0.1) is 5.11 Å². The minimum atomic E-state index is -0.313. The number of carbonyl (C=O) groups is 1. The minimum Gasteiger partial charge on any atom is -0.462 e. The summed E-state index contributed by atoms with van der Waals surface area (Å²) in [5.41, 5.74) is 3.37. The highest BCUT2D eigenvalue weighted by atomic mass is 16.5. The third kappa shape index (κ3) is 7.51. The van der Waals surface area contributed by atoms with E-state index in [1.165, 1.54) is 0 Å². The van der Waals surface area contributed by atoms with Crippen molar-refractivity contribution in [1.29, 1.82) is 5.26 Å². The lowest BCUT2D eigenvalue weighted by atomic mass is 10.2. The van der Waals surface area contributed by atoms with Gasteiger partial charge in [0.25, 0.3) is 0 Å². The first-order valence-corrected chi connectivity index (χ1v) is 10.1. The van der Waals surface area contributed by atoms with Crippen LogP contribution in [-0.4, -0.2) is 26.2 Å². The molecule has 30 heavy (non-hydrogen) atoms. The van der Waals surface area contributed by atoms with Crippen LogP contribution in [0.1, 0.15) is 38.2 Å². The molecule has 0 N–H and O–H groups in total. The summed E-state index contributed by atoms with van der Waals surface area (Å²) in [6.45, 7) is 6.62. The molecule has 0 radical (unpaired) electrons. The van der Waals surface area contributed by atoms with Crippen molar-refractivity contribution in [1.82, 2.24) is 0 Å². The number of ether oxygens (including phenoxy) is 1. The molecule has 2 aromatic rings. The molecule has 0 bridgehead atoms. The van der Waals surface area contributed by atoms with Crippen LogP contribution in [0.2, 0.25) is 0 Å². The van der Waals surface area contributed by atoms with Gasteiger partial charge in [0.15, 0.2) is 0 Å². The highest BCUT2D eigenvalue weighted by Crippen LogP contribution is 2.23.